The number of hydrogen-bond acceptors (Lipinski definition) is 2. The summed E-state index contributed by atoms with van der Waals surface area (Å²) in [7, 11) is -1.27. The summed E-state index contributed by atoms with van der Waals surface area (Å²) in [6.07, 6.45) is 5.14. The number of halogens is 1. The predicted octanol–water partition coefficient (Wildman–Crippen LogP) is 3.51. The fraction of sp³-hybridized carbons (Fsp3) is 0.375. The highest BCUT2D eigenvalue weighted by atomic mass is 35.5. The molecule has 2 aromatic rings. The molecule has 1 atom stereocenters. The molecule has 0 unspecified atom stereocenters. The Morgan fingerprint density at radius 1 is 1.36 bits per heavy atom. The van der Waals surface area contributed by atoms with Crippen molar-refractivity contribution in [3.05, 3.63) is 46.5 Å². The van der Waals surface area contributed by atoms with Gasteiger partial charge in [0.25, 0.3) is 0 Å². The molecule has 0 saturated heterocycles. The number of rotatable bonds is 2. The summed E-state index contributed by atoms with van der Waals surface area (Å²) >= 11 is 6.27. The van der Waals surface area contributed by atoms with Crippen molar-refractivity contribution in [2.45, 2.75) is 38.4 Å². The average Bonchev–Trinajstić information content (AvgIpc) is 2.87. The summed E-state index contributed by atoms with van der Waals surface area (Å²) in [6, 6.07) is 5.90. The number of aromatic nitrogens is 2. The first kappa shape index (κ1) is 15.4. The van der Waals surface area contributed by atoms with E-state index in [1.54, 1.807) is 12.5 Å². The lowest BCUT2D eigenvalue weighted by atomic mass is 10.0. The molecule has 1 aliphatic rings. The van der Waals surface area contributed by atoms with E-state index in [9.17, 15) is 4.21 Å². The van der Waals surface area contributed by atoms with Gasteiger partial charge < -0.3 is 4.57 Å². The molecule has 0 N–H and O–H groups in total. The first-order chi connectivity index (χ1) is 10.4. The smallest absolute Gasteiger partial charge is 0.144 e. The van der Waals surface area contributed by atoms with E-state index in [1.165, 1.54) is 0 Å². The first-order valence-electron chi connectivity index (χ1n) is 7.18. The second-order valence-electron chi connectivity index (χ2n) is 6.28. The maximum Gasteiger partial charge on any atom is 0.144 e. The minimum atomic E-state index is -1.27. The van der Waals surface area contributed by atoms with Crippen LogP contribution in [0.1, 0.15) is 37.7 Å². The van der Waals surface area contributed by atoms with Crippen LogP contribution in [-0.2, 0) is 23.8 Å². The monoisotopic (exact) mass is 335 g/mol. The maximum atomic E-state index is 12.0. The van der Waals surface area contributed by atoms with Gasteiger partial charge in [0.2, 0.25) is 0 Å². The molecule has 2 heterocycles. The van der Waals surface area contributed by atoms with Crippen LogP contribution in [0.4, 0.5) is 0 Å². The topological polar surface area (TPSA) is 47.2 Å². The molecule has 4 nitrogen and oxygen atoms in total. The molecule has 3 rings (SSSR count). The number of nitrogens with zero attached hydrogens (tertiary/aromatic N) is 3. The third-order valence-electron chi connectivity index (χ3n) is 3.66. The van der Waals surface area contributed by atoms with Crippen molar-refractivity contribution < 1.29 is 4.21 Å². The van der Waals surface area contributed by atoms with Crippen molar-refractivity contribution in [3.8, 4) is 5.69 Å². The highest BCUT2D eigenvalue weighted by molar-refractivity contribution is 7.85. The Balaban J connectivity index is 1.97. The molecular formula is C16H18ClN3OS. The third-order valence-corrected chi connectivity index (χ3v) is 5.36. The zero-order valence-electron chi connectivity index (χ0n) is 12.8. The quantitative estimate of drug-likeness (QED) is 0.788. The Morgan fingerprint density at radius 3 is 2.86 bits per heavy atom. The lowest BCUT2D eigenvalue weighted by Gasteiger charge is -2.20. The Kier molecular flexibility index (Phi) is 3.95. The molecule has 1 aliphatic heterocycles. The maximum absolute atomic E-state index is 12.0. The molecule has 0 bridgehead atoms. The highest BCUT2D eigenvalue weighted by Gasteiger charge is 2.22. The van der Waals surface area contributed by atoms with E-state index in [2.05, 4.69) is 9.38 Å². The summed E-state index contributed by atoms with van der Waals surface area (Å²) in [5.74, 6) is 0. The number of hydrogen-bond donors (Lipinski definition) is 0. The fourth-order valence-corrected chi connectivity index (χ4v) is 3.25. The molecule has 116 valence electrons. The standard InChI is InChI=1S/C16H18ClN3OS/c1-16(2,3)22(21)19-9-13-15-8-7-11-12(17)5-4-6-14(11)20(15)10-18-13/h4-6,9-10H,7-8H2,1-3H3/t22-/m0/s1. The van der Waals surface area contributed by atoms with Gasteiger partial charge in [0, 0.05) is 5.02 Å². The predicted molar refractivity (Wildman–Crippen MR) is 91.5 cm³/mol. The molecule has 0 aliphatic carbocycles. The van der Waals surface area contributed by atoms with Crippen molar-refractivity contribution in [2.75, 3.05) is 0 Å². The van der Waals surface area contributed by atoms with Crippen LogP contribution < -0.4 is 0 Å². The second kappa shape index (κ2) is 5.63. The van der Waals surface area contributed by atoms with Crippen LogP contribution in [0.15, 0.2) is 28.9 Å². The van der Waals surface area contributed by atoms with Crippen LogP contribution in [0, 0.1) is 0 Å². The van der Waals surface area contributed by atoms with E-state index < -0.39 is 11.0 Å². The fourth-order valence-electron chi connectivity index (χ4n) is 2.47. The Morgan fingerprint density at radius 2 is 2.14 bits per heavy atom. The zero-order valence-corrected chi connectivity index (χ0v) is 14.4. The number of fused-ring (bicyclic) bond motifs is 3. The molecule has 0 spiro atoms. The molecule has 1 aromatic heterocycles. The van der Waals surface area contributed by atoms with Gasteiger partial charge >= 0.3 is 0 Å². The van der Waals surface area contributed by atoms with E-state index in [1.807, 2.05) is 43.5 Å². The van der Waals surface area contributed by atoms with Crippen molar-refractivity contribution in [2.24, 2.45) is 4.40 Å². The molecule has 0 amide bonds. The minimum Gasteiger partial charge on any atom is -0.302 e. The van der Waals surface area contributed by atoms with Gasteiger partial charge in [-0.25, -0.2) is 9.19 Å². The average molecular weight is 336 g/mol. The molecule has 0 saturated carbocycles. The van der Waals surface area contributed by atoms with Gasteiger partial charge in [-0.1, -0.05) is 17.7 Å². The lowest BCUT2D eigenvalue weighted by molar-refractivity contribution is 0.651. The van der Waals surface area contributed by atoms with Crippen molar-refractivity contribution >= 4 is 28.8 Å². The summed E-state index contributed by atoms with van der Waals surface area (Å²) < 4.78 is 17.9. The Hall–Kier alpha value is -1.46. The first-order valence-corrected chi connectivity index (χ1v) is 8.66. The lowest BCUT2D eigenvalue weighted by Crippen LogP contribution is -2.19. The van der Waals surface area contributed by atoms with Gasteiger partial charge in [-0.3, -0.25) is 0 Å². The van der Waals surface area contributed by atoms with Crippen LogP contribution >= 0.6 is 11.6 Å². The van der Waals surface area contributed by atoms with Crippen molar-refractivity contribution in [3.63, 3.8) is 0 Å². The molecule has 6 heteroatoms. The zero-order chi connectivity index (χ0) is 15.9. The molecule has 1 aromatic carbocycles. The van der Waals surface area contributed by atoms with Crippen LogP contribution in [-0.4, -0.2) is 24.7 Å². The minimum absolute atomic E-state index is 0.365. The summed E-state index contributed by atoms with van der Waals surface area (Å²) in [4.78, 5) is 4.42. The molecule has 0 fully saturated rings. The highest BCUT2D eigenvalue weighted by Crippen LogP contribution is 2.30. The van der Waals surface area contributed by atoms with Crippen LogP contribution in [0.25, 0.3) is 5.69 Å². The largest absolute Gasteiger partial charge is 0.302 e. The van der Waals surface area contributed by atoms with Gasteiger partial charge in [0.05, 0.1) is 22.3 Å². The van der Waals surface area contributed by atoms with Gasteiger partial charge in [-0.2, -0.15) is 4.40 Å². The van der Waals surface area contributed by atoms with E-state index in [-0.39, 0.29) is 4.75 Å². The normalized spacial score (nSPS) is 15.6. The summed E-state index contributed by atoms with van der Waals surface area (Å²) in [5, 5.41) is 0.793. The van der Waals surface area contributed by atoms with Crippen LogP contribution in [0.3, 0.4) is 0 Å². The Bertz CT molecular complexity index is 774. The molecular weight excluding hydrogens is 318 g/mol. The Labute approximate surface area is 137 Å². The molecule has 0 radical (unpaired) electrons. The van der Waals surface area contributed by atoms with Gasteiger partial charge in [-0.05, 0) is 51.3 Å². The SMILES string of the molecule is CC(C)(C)[S@](=O)N=Cc1ncn2c1CCc1c(Cl)cccc1-2. The van der Waals surface area contributed by atoms with E-state index in [0.29, 0.717) is 0 Å². The van der Waals surface area contributed by atoms with E-state index >= 15 is 0 Å². The van der Waals surface area contributed by atoms with E-state index in [4.69, 9.17) is 11.6 Å². The van der Waals surface area contributed by atoms with Gasteiger partial charge in [0.15, 0.2) is 0 Å². The summed E-state index contributed by atoms with van der Waals surface area (Å²) in [5.41, 5.74) is 4.08. The molecule has 22 heavy (non-hydrogen) atoms. The van der Waals surface area contributed by atoms with Gasteiger partial charge in [-0.15, -0.1) is 0 Å². The number of imidazole rings is 1. The van der Waals surface area contributed by atoms with Crippen molar-refractivity contribution in [1.29, 1.82) is 0 Å². The second-order valence-corrected chi connectivity index (χ2v) is 8.62. The van der Waals surface area contributed by atoms with Gasteiger partial charge in [0.1, 0.15) is 23.0 Å². The van der Waals surface area contributed by atoms with E-state index in [0.717, 1.165) is 40.5 Å². The number of benzene rings is 1. The summed E-state index contributed by atoms with van der Waals surface area (Å²) in [6.45, 7) is 5.71. The van der Waals surface area contributed by atoms with Crippen LogP contribution in [0.2, 0.25) is 5.02 Å². The van der Waals surface area contributed by atoms with Crippen LogP contribution in [0.5, 0.6) is 0 Å². The third kappa shape index (κ3) is 2.75. The van der Waals surface area contributed by atoms with Crippen molar-refractivity contribution in [1.82, 2.24) is 9.55 Å².